The minimum Gasteiger partial charge on any atom is -0.368 e. The number of hydrogen-bond donors (Lipinski definition) is 2. The van der Waals surface area contributed by atoms with Crippen molar-refractivity contribution in [2.75, 3.05) is 11.9 Å². The monoisotopic (exact) mass is 302 g/mol. The van der Waals surface area contributed by atoms with Crippen LogP contribution in [0, 0.1) is 5.92 Å². The first-order valence-corrected chi connectivity index (χ1v) is 7.97. The van der Waals surface area contributed by atoms with Gasteiger partial charge < -0.3 is 15.4 Å². The maximum atomic E-state index is 12.2. The Hall–Kier alpha value is -1.88. The predicted octanol–water partition coefficient (Wildman–Crippen LogP) is 2.33. The normalized spacial score (nSPS) is 22.1. The van der Waals surface area contributed by atoms with Crippen molar-refractivity contribution in [2.24, 2.45) is 5.92 Å². The topological polar surface area (TPSA) is 67.4 Å². The number of carbonyl (C=O) groups is 2. The molecular weight excluding hydrogens is 280 g/mol. The average Bonchev–Trinajstić information content (AvgIpc) is 3.22. The largest absolute Gasteiger partial charge is 0.368 e. The molecule has 2 N–H and O–H groups in total. The number of nitrogens with one attached hydrogen (secondary N) is 2. The predicted molar refractivity (Wildman–Crippen MR) is 83.7 cm³/mol. The highest BCUT2D eigenvalue weighted by Gasteiger charge is 2.29. The molecular formula is C17H22N2O3. The number of amides is 2. The van der Waals surface area contributed by atoms with Crippen LogP contribution in [0.25, 0.3) is 0 Å². The van der Waals surface area contributed by atoms with Crippen molar-refractivity contribution in [3.8, 4) is 0 Å². The molecule has 3 rings (SSSR count). The molecule has 5 nitrogen and oxygen atoms in total. The summed E-state index contributed by atoms with van der Waals surface area (Å²) in [5, 5.41) is 5.84. The highest BCUT2D eigenvalue weighted by molar-refractivity contribution is 5.98. The van der Waals surface area contributed by atoms with Gasteiger partial charge in [0.25, 0.3) is 11.8 Å². The van der Waals surface area contributed by atoms with Crippen LogP contribution in [0.4, 0.5) is 5.69 Å². The molecule has 1 saturated carbocycles. The first-order chi connectivity index (χ1) is 10.6. The Morgan fingerprint density at radius 3 is 2.77 bits per heavy atom. The fourth-order valence-corrected chi connectivity index (χ4v) is 2.75. The average molecular weight is 302 g/mol. The van der Waals surface area contributed by atoms with Crippen LogP contribution in [-0.4, -0.2) is 30.6 Å². The molecule has 1 aliphatic heterocycles. The van der Waals surface area contributed by atoms with E-state index in [1.807, 2.05) is 6.92 Å². The summed E-state index contributed by atoms with van der Waals surface area (Å²) in [7, 11) is 0. The van der Waals surface area contributed by atoms with E-state index in [-0.39, 0.29) is 24.0 Å². The number of hydrogen-bond acceptors (Lipinski definition) is 3. The van der Waals surface area contributed by atoms with Crippen molar-refractivity contribution in [2.45, 2.75) is 44.8 Å². The Balaban J connectivity index is 1.61. The number of carbonyl (C=O) groups excluding carboxylic acids is 2. The molecule has 1 heterocycles. The van der Waals surface area contributed by atoms with Gasteiger partial charge in [0.2, 0.25) is 0 Å². The molecule has 2 atom stereocenters. The zero-order valence-corrected chi connectivity index (χ0v) is 12.8. The van der Waals surface area contributed by atoms with Crippen LogP contribution in [0.5, 0.6) is 0 Å². The van der Waals surface area contributed by atoms with Crippen LogP contribution in [0.3, 0.4) is 0 Å². The molecule has 1 saturated heterocycles. The minimum atomic E-state index is -0.368. The van der Waals surface area contributed by atoms with Gasteiger partial charge >= 0.3 is 0 Å². The lowest BCUT2D eigenvalue weighted by atomic mass is 10.1. The maximum absolute atomic E-state index is 12.2. The highest BCUT2D eigenvalue weighted by atomic mass is 16.5. The Labute approximate surface area is 130 Å². The van der Waals surface area contributed by atoms with Gasteiger partial charge in [-0.1, -0.05) is 6.07 Å². The Kier molecular flexibility index (Phi) is 4.43. The quantitative estimate of drug-likeness (QED) is 0.877. The molecule has 2 fully saturated rings. The van der Waals surface area contributed by atoms with Crippen molar-refractivity contribution in [3.63, 3.8) is 0 Å². The molecule has 1 aliphatic carbocycles. The van der Waals surface area contributed by atoms with Gasteiger partial charge in [-0.3, -0.25) is 9.59 Å². The van der Waals surface area contributed by atoms with Gasteiger partial charge in [0.05, 0.1) is 0 Å². The van der Waals surface area contributed by atoms with Gasteiger partial charge in [0.15, 0.2) is 0 Å². The van der Waals surface area contributed by atoms with Crippen molar-refractivity contribution >= 4 is 17.5 Å². The summed E-state index contributed by atoms with van der Waals surface area (Å²) in [5.74, 6) is 0.389. The fourth-order valence-electron chi connectivity index (χ4n) is 2.75. The van der Waals surface area contributed by atoms with Crippen LogP contribution in [0.15, 0.2) is 24.3 Å². The second-order valence-corrected chi connectivity index (χ2v) is 6.17. The van der Waals surface area contributed by atoms with Gasteiger partial charge in [-0.25, -0.2) is 0 Å². The summed E-state index contributed by atoms with van der Waals surface area (Å²) in [6.07, 6.45) is 3.69. The molecule has 0 radical (unpaired) electrons. The third-order valence-corrected chi connectivity index (χ3v) is 4.30. The van der Waals surface area contributed by atoms with E-state index in [4.69, 9.17) is 4.74 Å². The van der Waals surface area contributed by atoms with Crippen LogP contribution in [0.1, 0.15) is 43.0 Å². The van der Waals surface area contributed by atoms with Crippen LogP contribution < -0.4 is 10.6 Å². The molecule has 118 valence electrons. The van der Waals surface area contributed by atoms with Crippen LogP contribution in [-0.2, 0) is 9.53 Å². The summed E-state index contributed by atoms with van der Waals surface area (Å²) in [6.45, 7) is 2.68. The number of anilines is 1. The molecule has 0 bridgehead atoms. The first-order valence-electron chi connectivity index (χ1n) is 7.97. The molecule has 2 unspecified atom stereocenters. The Bertz CT molecular complexity index is 563. The smallest absolute Gasteiger partial charge is 0.253 e. The lowest BCUT2D eigenvalue weighted by Gasteiger charge is -2.14. The van der Waals surface area contributed by atoms with E-state index in [0.29, 0.717) is 23.8 Å². The Morgan fingerprint density at radius 1 is 1.27 bits per heavy atom. The SMILES string of the molecule is CC(NC(=O)c1cccc(NC(=O)C2CCCO2)c1)C1CC1. The fraction of sp³-hybridized carbons (Fsp3) is 0.529. The van der Waals surface area contributed by atoms with Gasteiger partial charge in [0, 0.05) is 23.9 Å². The zero-order chi connectivity index (χ0) is 15.5. The maximum Gasteiger partial charge on any atom is 0.253 e. The molecule has 1 aromatic carbocycles. The molecule has 0 spiro atoms. The van der Waals surface area contributed by atoms with E-state index in [1.54, 1.807) is 24.3 Å². The minimum absolute atomic E-state index is 0.0902. The number of benzene rings is 1. The molecule has 5 heteroatoms. The number of ether oxygens (including phenoxy) is 1. The van der Waals surface area contributed by atoms with Gasteiger partial charge in [0.1, 0.15) is 6.10 Å². The van der Waals surface area contributed by atoms with E-state index in [1.165, 1.54) is 12.8 Å². The van der Waals surface area contributed by atoms with E-state index >= 15 is 0 Å². The second-order valence-electron chi connectivity index (χ2n) is 6.17. The molecule has 22 heavy (non-hydrogen) atoms. The summed E-state index contributed by atoms with van der Waals surface area (Å²) in [6, 6.07) is 7.24. The van der Waals surface area contributed by atoms with E-state index in [0.717, 1.165) is 12.8 Å². The zero-order valence-electron chi connectivity index (χ0n) is 12.8. The highest BCUT2D eigenvalue weighted by Crippen LogP contribution is 2.32. The van der Waals surface area contributed by atoms with Crippen molar-refractivity contribution in [1.29, 1.82) is 0 Å². The van der Waals surface area contributed by atoms with Crippen molar-refractivity contribution in [3.05, 3.63) is 29.8 Å². The van der Waals surface area contributed by atoms with Crippen molar-refractivity contribution in [1.82, 2.24) is 5.32 Å². The van der Waals surface area contributed by atoms with E-state index in [9.17, 15) is 9.59 Å². The third kappa shape index (κ3) is 3.65. The van der Waals surface area contributed by atoms with Gasteiger partial charge in [-0.15, -0.1) is 0 Å². The standard InChI is InChI=1S/C17H22N2O3/c1-11(12-7-8-12)18-16(20)13-4-2-5-14(10-13)19-17(21)15-6-3-9-22-15/h2,4-5,10-12,15H,3,6-9H2,1H3,(H,18,20)(H,19,21). The lowest BCUT2D eigenvalue weighted by Crippen LogP contribution is -2.34. The number of rotatable bonds is 5. The summed E-state index contributed by atoms with van der Waals surface area (Å²) in [5.41, 5.74) is 1.20. The second kappa shape index (κ2) is 6.48. The van der Waals surface area contributed by atoms with Crippen molar-refractivity contribution < 1.29 is 14.3 Å². The Morgan fingerprint density at radius 2 is 2.09 bits per heavy atom. The molecule has 0 aromatic heterocycles. The lowest BCUT2D eigenvalue weighted by molar-refractivity contribution is -0.124. The van der Waals surface area contributed by atoms with Crippen LogP contribution in [0.2, 0.25) is 0 Å². The summed E-state index contributed by atoms with van der Waals surface area (Å²) in [4.78, 5) is 24.3. The third-order valence-electron chi connectivity index (χ3n) is 4.30. The van der Waals surface area contributed by atoms with Gasteiger partial charge in [-0.05, 0) is 56.7 Å². The summed E-state index contributed by atoms with van der Waals surface area (Å²) < 4.78 is 5.36. The van der Waals surface area contributed by atoms with Crippen LogP contribution >= 0.6 is 0 Å². The molecule has 1 aromatic rings. The summed E-state index contributed by atoms with van der Waals surface area (Å²) >= 11 is 0. The van der Waals surface area contributed by atoms with E-state index < -0.39 is 0 Å². The first kappa shape index (κ1) is 15.0. The van der Waals surface area contributed by atoms with Gasteiger partial charge in [-0.2, -0.15) is 0 Å². The molecule has 2 amide bonds. The molecule has 2 aliphatic rings. The van der Waals surface area contributed by atoms with E-state index in [2.05, 4.69) is 10.6 Å².